The third-order valence-corrected chi connectivity index (χ3v) is 6.22. The van der Waals surface area contributed by atoms with Gasteiger partial charge in [-0.25, -0.2) is 0 Å². The lowest BCUT2D eigenvalue weighted by molar-refractivity contribution is -0.138. The van der Waals surface area contributed by atoms with Gasteiger partial charge in [-0.1, -0.05) is 49.7 Å². The standard InChI is InChI=1S/C25H34N2O3S/c1-5-6-15-26-25(29)20(3)27(16-21-11-13-23(30-4)14-12-21)24(28)18-31-17-22-10-8-7-9-19(22)2/h7-14,20H,5-6,15-18H2,1-4H3,(H,26,29)/t20-/m0/s1. The number of thioether (sulfide) groups is 1. The first-order valence-electron chi connectivity index (χ1n) is 10.8. The van der Waals surface area contributed by atoms with Crippen LogP contribution in [0, 0.1) is 6.92 Å². The number of hydrogen-bond donors (Lipinski definition) is 1. The van der Waals surface area contributed by atoms with Crippen LogP contribution in [-0.2, 0) is 21.9 Å². The molecule has 2 rings (SSSR count). The number of benzene rings is 2. The Morgan fingerprint density at radius 2 is 1.84 bits per heavy atom. The van der Waals surface area contributed by atoms with Crippen molar-refractivity contribution >= 4 is 23.6 Å². The summed E-state index contributed by atoms with van der Waals surface area (Å²) in [5, 5.41) is 2.95. The third-order valence-electron chi connectivity index (χ3n) is 5.25. The fourth-order valence-corrected chi connectivity index (χ4v) is 4.14. The van der Waals surface area contributed by atoms with Gasteiger partial charge in [0, 0.05) is 18.8 Å². The predicted molar refractivity (Wildman–Crippen MR) is 128 cm³/mol. The number of nitrogens with zero attached hydrogens (tertiary/aromatic N) is 1. The molecule has 2 amide bonds. The summed E-state index contributed by atoms with van der Waals surface area (Å²) < 4.78 is 5.22. The molecule has 2 aromatic carbocycles. The molecular weight excluding hydrogens is 408 g/mol. The normalized spacial score (nSPS) is 11.6. The number of hydrogen-bond acceptors (Lipinski definition) is 4. The molecule has 0 aliphatic rings. The number of aryl methyl sites for hydroxylation is 1. The van der Waals surface area contributed by atoms with Crippen molar-refractivity contribution in [2.75, 3.05) is 19.4 Å². The van der Waals surface area contributed by atoms with Gasteiger partial charge in [0.15, 0.2) is 0 Å². The van der Waals surface area contributed by atoms with Gasteiger partial charge in [-0.15, -0.1) is 11.8 Å². The molecule has 0 saturated carbocycles. The second-order valence-electron chi connectivity index (χ2n) is 7.61. The van der Waals surface area contributed by atoms with Crippen molar-refractivity contribution < 1.29 is 14.3 Å². The quantitative estimate of drug-likeness (QED) is 0.489. The zero-order valence-electron chi connectivity index (χ0n) is 19.0. The van der Waals surface area contributed by atoms with Gasteiger partial charge in [0.1, 0.15) is 11.8 Å². The monoisotopic (exact) mass is 442 g/mol. The molecule has 1 N–H and O–H groups in total. The smallest absolute Gasteiger partial charge is 0.242 e. The molecule has 0 aromatic heterocycles. The van der Waals surface area contributed by atoms with Crippen LogP contribution in [0.1, 0.15) is 43.4 Å². The van der Waals surface area contributed by atoms with Gasteiger partial charge in [0.25, 0.3) is 0 Å². The van der Waals surface area contributed by atoms with Crippen molar-refractivity contribution in [2.24, 2.45) is 0 Å². The summed E-state index contributed by atoms with van der Waals surface area (Å²) in [7, 11) is 1.62. The van der Waals surface area contributed by atoms with E-state index in [1.807, 2.05) is 36.4 Å². The minimum absolute atomic E-state index is 0.0347. The molecule has 0 bridgehead atoms. The van der Waals surface area contributed by atoms with E-state index in [1.165, 1.54) is 11.1 Å². The Kier molecular flexibility index (Phi) is 10.4. The second kappa shape index (κ2) is 13.1. The molecule has 5 nitrogen and oxygen atoms in total. The highest BCUT2D eigenvalue weighted by Gasteiger charge is 2.25. The van der Waals surface area contributed by atoms with Crippen molar-refractivity contribution in [2.45, 2.75) is 52.0 Å². The highest BCUT2D eigenvalue weighted by atomic mass is 32.2. The van der Waals surface area contributed by atoms with Crippen LogP contribution in [0.3, 0.4) is 0 Å². The van der Waals surface area contributed by atoms with E-state index in [2.05, 4.69) is 31.3 Å². The van der Waals surface area contributed by atoms with Crippen molar-refractivity contribution in [3.63, 3.8) is 0 Å². The SMILES string of the molecule is CCCCNC(=O)[C@H](C)N(Cc1ccc(OC)cc1)C(=O)CSCc1ccccc1C. The fraction of sp³-hybridized carbons (Fsp3) is 0.440. The molecule has 0 saturated heterocycles. The first-order valence-corrected chi connectivity index (χ1v) is 11.9. The van der Waals surface area contributed by atoms with E-state index in [0.717, 1.165) is 29.9 Å². The largest absolute Gasteiger partial charge is 0.497 e. The van der Waals surface area contributed by atoms with Crippen LogP contribution < -0.4 is 10.1 Å². The number of rotatable bonds is 12. The Morgan fingerprint density at radius 3 is 2.48 bits per heavy atom. The van der Waals surface area contributed by atoms with Gasteiger partial charge in [-0.05, 0) is 49.1 Å². The summed E-state index contributed by atoms with van der Waals surface area (Å²) in [5.41, 5.74) is 3.42. The van der Waals surface area contributed by atoms with E-state index in [-0.39, 0.29) is 11.8 Å². The van der Waals surface area contributed by atoms with Crippen LogP contribution >= 0.6 is 11.8 Å². The number of methoxy groups -OCH3 is 1. The first kappa shape index (κ1) is 24.8. The van der Waals surface area contributed by atoms with Crippen molar-refractivity contribution in [3.8, 4) is 5.75 Å². The molecule has 0 aliphatic heterocycles. The lowest BCUT2D eigenvalue weighted by Crippen LogP contribution is -2.48. The molecule has 0 aliphatic carbocycles. The Balaban J connectivity index is 2.06. The third kappa shape index (κ3) is 7.94. The Labute approximate surface area is 190 Å². The minimum atomic E-state index is -0.537. The molecule has 168 valence electrons. The lowest BCUT2D eigenvalue weighted by Gasteiger charge is -2.29. The topological polar surface area (TPSA) is 58.6 Å². The zero-order valence-corrected chi connectivity index (χ0v) is 19.8. The Bertz CT molecular complexity index is 839. The van der Waals surface area contributed by atoms with Gasteiger partial charge in [0.05, 0.1) is 12.9 Å². The highest BCUT2D eigenvalue weighted by Crippen LogP contribution is 2.19. The van der Waals surface area contributed by atoms with Crippen LogP contribution in [0.15, 0.2) is 48.5 Å². The summed E-state index contributed by atoms with van der Waals surface area (Å²) in [6.07, 6.45) is 1.94. The molecular formula is C25H34N2O3S. The van der Waals surface area contributed by atoms with Gasteiger partial charge in [-0.3, -0.25) is 9.59 Å². The summed E-state index contributed by atoms with van der Waals surface area (Å²) in [4.78, 5) is 27.5. The summed E-state index contributed by atoms with van der Waals surface area (Å²) in [6, 6.07) is 15.3. The molecule has 0 radical (unpaired) electrons. The van der Waals surface area contributed by atoms with Crippen LogP contribution in [0.4, 0.5) is 0 Å². The van der Waals surface area contributed by atoms with Gasteiger partial charge in [-0.2, -0.15) is 0 Å². The van der Waals surface area contributed by atoms with Gasteiger partial charge >= 0.3 is 0 Å². The van der Waals surface area contributed by atoms with Crippen molar-refractivity contribution in [1.82, 2.24) is 10.2 Å². The lowest BCUT2D eigenvalue weighted by atomic mass is 10.1. The number of carbonyl (C=O) groups is 2. The van der Waals surface area contributed by atoms with Crippen LogP contribution in [0.25, 0.3) is 0 Å². The number of amides is 2. The molecule has 2 aromatic rings. The second-order valence-corrected chi connectivity index (χ2v) is 8.60. The molecule has 0 spiro atoms. The average Bonchev–Trinajstić information content (AvgIpc) is 2.78. The van der Waals surface area contributed by atoms with E-state index in [4.69, 9.17) is 4.74 Å². The number of nitrogens with one attached hydrogen (secondary N) is 1. The Hall–Kier alpha value is -2.47. The Morgan fingerprint density at radius 1 is 1.13 bits per heavy atom. The molecule has 0 fully saturated rings. The maximum Gasteiger partial charge on any atom is 0.242 e. The molecule has 6 heteroatoms. The van der Waals surface area contributed by atoms with Crippen molar-refractivity contribution in [3.05, 3.63) is 65.2 Å². The summed E-state index contributed by atoms with van der Waals surface area (Å²) in [6.45, 7) is 6.98. The predicted octanol–water partition coefficient (Wildman–Crippen LogP) is 4.57. The van der Waals surface area contributed by atoms with E-state index < -0.39 is 6.04 Å². The van der Waals surface area contributed by atoms with Crippen LogP contribution in [-0.4, -0.2) is 42.2 Å². The molecule has 31 heavy (non-hydrogen) atoms. The first-order chi connectivity index (χ1) is 15.0. The van der Waals surface area contributed by atoms with Crippen LogP contribution in [0.2, 0.25) is 0 Å². The van der Waals surface area contributed by atoms with Crippen molar-refractivity contribution in [1.29, 1.82) is 0 Å². The van der Waals surface area contributed by atoms with E-state index in [1.54, 1.807) is 30.7 Å². The molecule has 1 atom stereocenters. The zero-order chi connectivity index (χ0) is 22.6. The highest BCUT2D eigenvalue weighted by molar-refractivity contribution is 7.99. The number of unbranched alkanes of at least 4 members (excludes halogenated alkanes) is 1. The summed E-state index contributed by atoms with van der Waals surface area (Å²) in [5.74, 6) is 1.72. The maximum atomic E-state index is 13.1. The minimum Gasteiger partial charge on any atom is -0.497 e. The number of ether oxygens (including phenoxy) is 1. The van der Waals surface area contributed by atoms with E-state index >= 15 is 0 Å². The van der Waals surface area contributed by atoms with E-state index in [0.29, 0.717) is 18.8 Å². The van der Waals surface area contributed by atoms with Gasteiger partial charge < -0.3 is 15.0 Å². The van der Waals surface area contributed by atoms with E-state index in [9.17, 15) is 9.59 Å². The maximum absolute atomic E-state index is 13.1. The van der Waals surface area contributed by atoms with Gasteiger partial charge in [0.2, 0.25) is 11.8 Å². The fourth-order valence-electron chi connectivity index (χ4n) is 3.15. The number of carbonyl (C=O) groups excluding carboxylic acids is 2. The summed E-state index contributed by atoms with van der Waals surface area (Å²) >= 11 is 1.58. The average molecular weight is 443 g/mol. The van der Waals surface area contributed by atoms with Crippen LogP contribution in [0.5, 0.6) is 5.75 Å². The molecule has 0 unspecified atom stereocenters. The molecule has 0 heterocycles.